The van der Waals surface area contributed by atoms with Crippen LogP contribution in [0.2, 0.25) is 0 Å². The van der Waals surface area contributed by atoms with Crippen molar-refractivity contribution in [2.24, 2.45) is 11.3 Å². The topological polar surface area (TPSA) is 191 Å². The summed E-state index contributed by atoms with van der Waals surface area (Å²) >= 11 is 0. The minimum atomic E-state index is -1.29. The number of hydrogen-bond acceptors (Lipinski definition) is 8. The molecule has 4 amide bonds. The Morgan fingerprint density at radius 1 is 0.786 bits per heavy atom. The van der Waals surface area contributed by atoms with Gasteiger partial charge >= 0.3 is 11.9 Å². The Kier molecular flexibility index (Phi) is 15.4. The fourth-order valence-corrected chi connectivity index (χ4v) is 5.93. The molecule has 0 heterocycles. The molecule has 0 aliphatic heterocycles. The Labute approximate surface area is 254 Å². The number of carboxylic acid groups (broad SMARTS) is 2. The molecule has 234 valence electrons. The molecule has 0 aliphatic rings. The first-order chi connectivity index (χ1) is 19.5. The molecule has 1 aromatic carbocycles. The summed E-state index contributed by atoms with van der Waals surface area (Å²) in [6.07, 6.45) is 0.413. The van der Waals surface area contributed by atoms with Crippen LogP contribution in [0.25, 0.3) is 0 Å². The van der Waals surface area contributed by atoms with Crippen LogP contribution in [0.15, 0.2) is 24.3 Å². The largest absolute Gasteiger partial charge is 0.480 e. The van der Waals surface area contributed by atoms with Crippen molar-refractivity contribution in [3.8, 4) is 0 Å². The molecule has 1 unspecified atom stereocenters. The van der Waals surface area contributed by atoms with Gasteiger partial charge in [-0.1, -0.05) is 68.3 Å². The van der Waals surface area contributed by atoms with Crippen LogP contribution in [-0.4, -0.2) is 75.4 Å². The Morgan fingerprint density at radius 2 is 1.29 bits per heavy atom. The van der Waals surface area contributed by atoms with Gasteiger partial charge in [0, 0.05) is 30.5 Å². The Hall–Kier alpha value is -3.26. The molecule has 0 fully saturated rings. The van der Waals surface area contributed by atoms with E-state index in [1.54, 1.807) is 24.3 Å². The minimum Gasteiger partial charge on any atom is -0.480 e. The third kappa shape index (κ3) is 15.7. The summed E-state index contributed by atoms with van der Waals surface area (Å²) in [6, 6.07) is 3.28. The fraction of sp³-hybridized carbons (Fsp3) is 0.571. The zero-order chi connectivity index (χ0) is 32.0. The predicted molar refractivity (Wildman–Crippen MR) is 164 cm³/mol. The van der Waals surface area contributed by atoms with Crippen molar-refractivity contribution < 1.29 is 39.0 Å². The second-order valence-corrected chi connectivity index (χ2v) is 14.0. The maximum absolute atomic E-state index is 13.0. The van der Waals surface area contributed by atoms with E-state index in [0.717, 1.165) is 21.6 Å². The van der Waals surface area contributed by atoms with E-state index in [2.05, 4.69) is 21.3 Å². The molecule has 0 spiro atoms. The number of hydrogen-bond donors (Lipinski definition) is 6. The number of carbonyl (C=O) groups is 6. The predicted octanol–water partition coefficient (Wildman–Crippen LogP) is 2.67. The van der Waals surface area contributed by atoms with Gasteiger partial charge in [0.25, 0.3) is 0 Å². The minimum absolute atomic E-state index is 0.00596. The number of nitrogens with one attached hydrogen (secondary N) is 4. The Bertz CT molecular complexity index is 1110. The smallest absolute Gasteiger partial charge is 0.327 e. The average molecular weight is 627 g/mol. The quantitative estimate of drug-likeness (QED) is 0.111. The molecule has 0 bridgehead atoms. The van der Waals surface area contributed by atoms with Gasteiger partial charge in [0.15, 0.2) is 0 Å². The van der Waals surface area contributed by atoms with Crippen LogP contribution < -0.4 is 21.3 Å². The maximum Gasteiger partial charge on any atom is 0.327 e. The van der Waals surface area contributed by atoms with Crippen molar-refractivity contribution in [2.45, 2.75) is 78.9 Å². The molecule has 14 heteroatoms. The van der Waals surface area contributed by atoms with Crippen LogP contribution in [-0.2, 0) is 35.2 Å². The summed E-state index contributed by atoms with van der Waals surface area (Å²) in [4.78, 5) is 72.5. The Morgan fingerprint density at radius 3 is 1.74 bits per heavy atom. The molecule has 12 nitrogen and oxygen atoms in total. The van der Waals surface area contributed by atoms with E-state index in [9.17, 15) is 39.0 Å². The molecule has 1 rings (SSSR count). The second kappa shape index (κ2) is 17.6. The zero-order valence-electron chi connectivity index (χ0n) is 24.8. The van der Waals surface area contributed by atoms with Gasteiger partial charge in [0.2, 0.25) is 23.6 Å². The van der Waals surface area contributed by atoms with Gasteiger partial charge in [-0.25, -0.2) is 9.59 Å². The highest BCUT2D eigenvalue weighted by Crippen LogP contribution is 2.24. The summed E-state index contributed by atoms with van der Waals surface area (Å²) in [5, 5.41) is 29.4. The number of carboxylic acids is 2. The third-order valence-corrected chi connectivity index (χ3v) is 7.91. The van der Waals surface area contributed by atoms with E-state index in [-0.39, 0.29) is 48.0 Å². The van der Waals surface area contributed by atoms with Crippen molar-refractivity contribution in [3.05, 3.63) is 29.8 Å². The molecule has 3 atom stereocenters. The van der Waals surface area contributed by atoms with E-state index in [1.165, 1.54) is 6.92 Å². The van der Waals surface area contributed by atoms with Crippen LogP contribution in [0.3, 0.4) is 0 Å². The molecule has 6 N–H and O–H groups in total. The third-order valence-electron chi connectivity index (χ3n) is 5.49. The van der Waals surface area contributed by atoms with Crippen molar-refractivity contribution in [1.82, 2.24) is 16.0 Å². The van der Waals surface area contributed by atoms with Crippen molar-refractivity contribution in [1.29, 1.82) is 0 Å². The van der Waals surface area contributed by atoms with Crippen molar-refractivity contribution >= 4 is 62.8 Å². The summed E-state index contributed by atoms with van der Waals surface area (Å²) in [5.41, 5.74) is 0.939. The number of carbonyl (C=O) groups excluding carboxylic acids is 4. The summed E-state index contributed by atoms with van der Waals surface area (Å²) < 4.78 is 0. The number of amides is 4. The summed E-state index contributed by atoms with van der Waals surface area (Å²) in [6.45, 7) is 10.7. The molecular weight excluding hydrogens is 584 g/mol. The van der Waals surface area contributed by atoms with Gasteiger partial charge < -0.3 is 31.5 Å². The number of benzene rings is 1. The highest BCUT2D eigenvalue weighted by atomic mass is 33.1. The monoisotopic (exact) mass is 626 g/mol. The van der Waals surface area contributed by atoms with Crippen LogP contribution >= 0.6 is 21.6 Å². The standard InChI is InChI=1S/C28H42N4O8S2/c1-16(2)11-20(30-23(34)12-18-7-9-19(10-8-18)29-17(3)33)25(36)32-22(27(39)40)15-42-41-14-21(26(37)38)31-24(35)13-28(4,5)6/h7-10,16,20-22H,11-15H2,1-6H3,(H,29,33)(H,30,34)(H,31,35)(H,32,36)(H,37,38)(H,39,40)/t20?,21-,22-/m0/s1. The first-order valence-electron chi connectivity index (χ1n) is 13.4. The maximum atomic E-state index is 13.0. The summed E-state index contributed by atoms with van der Waals surface area (Å²) in [5.74, 6) is -4.22. The molecule has 0 aromatic heterocycles. The van der Waals surface area contributed by atoms with Crippen LogP contribution in [0.4, 0.5) is 5.69 Å². The average Bonchev–Trinajstić information content (AvgIpc) is 2.83. The Balaban J connectivity index is 2.72. The van der Waals surface area contributed by atoms with Gasteiger partial charge in [-0.15, -0.1) is 0 Å². The summed E-state index contributed by atoms with van der Waals surface area (Å²) in [7, 11) is 2.13. The van der Waals surface area contributed by atoms with Gasteiger partial charge in [-0.2, -0.15) is 0 Å². The lowest BCUT2D eigenvalue weighted by Gasteiger charge is -2.23. The molecule has 0 saturated carbocycles. The normalized spacial score (nSPS) is 13.4. The SMILES string of the molecule is CC(=O)Nc1ccc(CC(=O)NC(CC(C)C)C(=O)N[C@@H](CSSC[C@H](NC(=O)CC(C)(C)C)C(=O)O)C(=O)O)cc1. The number of rotatable bonds is 17. The van der Waals surface area contributed by atoms with E-state index in [0.29, 0.717) is 11.3 Å². The first-order valence-corrected chi connectivity index (χ1v) is 15.9. The lowest BCUT2D eigenvalue weighted by atomic mass is 9.92. The van der Waals surface area contributed by atoms with E-state index in [4.69, 9.17) is 0 Å². The number of aliphatic carboxylic acids is 2. The van der Waals surface area contributed by atoms with E-state index >= 15 is 0 Å². The van der Waals surface area contributed by atoms with Crippen molar-refractivity contribution in [3.63, 3.8) is 0 Å². The van der Waals surface area contributed by atoms with Crippen LogP contribution in [0, 0.1) is 11.3 Å². The molecule has 1 aromatic rings. The fourth-order valence-electron chi connectivity index (χ4n) is 3.62. The van der Waals surface area contributed by atoms with Gasteiger partial charge in [-0.05, 0) is 35.4 Å². The van der Waals surface area contributed by atoms with E-state index < -0.39 is 47.8 Å². The highest BCUT2D eigenvalue weighted by Gasteiger charge is 2.28. The van der Waals surface area contributed by atoms with Crippen LogP contribution in [0.1, 0.15) is 59.9 Å². The van der Waals surface area contributed by atoms with Crippen LogP contribution in [0.5, 0.6) is 0 Å². The highest BCUT2D eigenvalue weighted by molar-refractivity contribution is 8.76. The molecule has 42 heavy (non-hydrogen) atoms. The van der Waals surface area contributed by atoms with Gasteiger partial charge in [0.05, 0.1) is 6.42 Å². The van der Waals surface area contributed by atoms with E-state index in [1.807, 2.05) is 34.6 Å². The van der Waals surface area contributed by atoms with Gasteiger partial charge in [0.1, 0.15) is 18.1 Å². The molecule has 0 aliphatic carbocycles. The number of anilines is 1. The lowest BCUT2D eigenvalue weighted by Crippen LogP contribution is -2.53. The molecule has 0 saturated heterocycles. The lowest BCUT2D eigenvalue weighted by molar-refractivity contribution is -0.141. The van der Waals surface area contributed by atoms with Crippen molar-refractivity contribution in [2.75, 3.05) is 16.8 Å². The van der Waals surface area contributed by atoms with Gasteiger partial charge in [-0.3, -0.25) is 19.2 Å². The zero-order valence-corrected chi connectivity index (χ0v) is 26.4. The second-order valence-electron chi connectivity index (χ2n) is 11.5. The first kappa shape index (κ1) is 36.8. The molecule has 0 radical (unpaired) electrons. The molecular formula is C28H42N4O8S2.